The van der Waals surface area contributed by atoms with Gasteiger partial charge in [0.05, 0.1) is 26.2 Å². The zero-order chi connectivity index (χ0) is 35.0. The van der Waals surface area contributed by atoms with Crippen molar-refractivity contribution in [3.8, 4) is 0 Å². The van der Waals surface area contributed by atoms with Crippen LogP contribution in [-0.4, -0.2) is 76.8 Å². The Morgan fingerprint density at radius 3 is 2.57 bits per heavy atom. The summed E-state index contributed by atoms with van der Waals surface area (Å²) >= 11 is 0. The van der Waals surface area contributed by atoms with Crippen LogP contribution in [0.2, 0.25) is 0 Å². The number of unbranched alkanes of at least 4 members (excludes halogenated alkanes) is 3. The monoisotopic (exact) mass is 676 g/mol. The SMILES string of the molecule is CCCCC/C=C\[C@@H]1C[C@]1(NC(=O)[C@@H]1C[C@@H](OC(=O)N2Cc3cccc(F)c3C2)CN1C(=O)CN)C(=O)NCC(=O)NCc1ccccc1. The lowest BCUT2D eigenvalue weighted by molar-refractivity contribution is -0.139. The second-order valence-electron chi connectivity index (χ2n) is 12.9. The van der Waals surface area contributed by atoms with Gasteiger partial charge >= 0.3 is 6.09 Å². The van der Waals surface area contributed by atoms with E-state index in [0.717, 1.165) is 31.2 Å². The maximum Gasteiger partial charge on any atom is 0.410 e. The molecule has 2 aromatic rings. The first-order chi connectivity index (χ1) is 23.6. The van der Waals surface area contributed by atoms with Gasteiger partial charge in [0, 0.05) is 31.0 Å². The van der Waals surface area contributed by atoms with E-state index >= 15 is 0 Å². The maximum absolute atomic E-state index is 14.2. The lowest BCUT2D eigenvalue weighted by Crippen LogP contribution is -2.56. The molecule has 1 aliphatic carbocycles. The van der Waals surface area contributed by atoms with E-state index in [4.69, 9.17) is 10.5 Å². The van der Waals surface area contributed by atoms with Gasteiger partial charge in [0.25, 0.3) is 0 Å². The summed E-state index contributed by atoms with van der Waals surface area (Å²) in [7, 11) is 0. The highest BCUT2D eigenvalue weighted by molar-refractivity contribution is 5.99. The fraction of sp³-hybridized carbons (Fsp3) is 0.472. The zero-order valence-electron chi connectivity index (χ0n) is 27.8. The topological polar surface area (TPSA) is 163 Å². The number of amides is 5. The first kappa shape index (κ1) is 35.5. The molecule has 1 saturated carbocycles. The number of nitrogens with one attached hydrogen (secondary N) is 3. The Kier molecular flexibility index (Phi) is 11.7. The number of likely N-dealkylation sites (tertiary alicyclic amines) is 1. The minimum atomic E-state index is -1.31. The standard InChI is InChI=1S/C36H45FN6O6/c1-2-3-4-5-9-14-26-17-36(26,34(47)40-20-31(44)39-19-24-11-7-6-8-12-24)41-33(46)30-16-27(22-43(30)32(45)18-38)49-35(48)42-21-25-13-10-15-29(37)28(25)23-42/h6-15,26-27,30H,2-5,16-23,38H2,1H3,(H,39,44)(H,40,47)(H,41,46)/b14-9-/t26-,27-,30+,36-/m1/s1. The fourth-order valence-electron chi connectivity index (χ4n) is 6.49. The zero-order valence-corrected chi connectivity index (χ0v) is 27.8. The van der Waals surface area contributed by atoms with Crippen LogP contribution in [0.1, 0.15) is 62.1 Å². The highest BCUT2D eigenvalue weighted by atomic mass is 19.1. The second-order valence-corrected chi connectivity index (χ2v) is 12.9. The summed E-state index contributed by atoms with van der Waals surface area (Å²) in [6.45, 7) is 1.96. The van der Waals surface area contributed by atoms with Crippen LogP contribution in [0.5, 0.6) is 0 Å². The van der Waals surface area contributed by atoms with Crippen molar-refractivity contribution in [3.63, 3.8) is 0 Å². The van der Waals surface area contributed by atoms with E-state index in [9.17, 15) is 28.4 Å². The Balaban J connectivity index is 1.22. The van der Waals surface area contributed by atoms with Gasteiger partial charge in [0.1, 0.15) is 23.5 Å². The second kappa shape index (κ2) is 16.1. The fourth-order valence-corrected chi connectivity index (χ4v) is 6.49. The number of carbonyl (C=O) groups is 5. The number of nitrogens with zero attached hydrogens (tertiary/aromatic N) is 2. The van der Waals surface area contributed by atoms with Crippen LogP contribution in [-0.2, 0) is 43.5 Å². The van der Waals surface area contributed by atoms with Crippen molar-refractivity contribution >= 4 is 29.7 Å². The van der Waals surface area contributed by atoms with E-state index in [1.54, 1.807) is 12.1 Å². The minimum Gasteiger partial charge on any atom is -0.444 e. The van der Waals surface area contributed by atoms with Gasteiger partial charge in [-0.15, -0.1) is 0 Å². The van der Waals surface area contributed by atoms with Crippen LogP contribution < -0.4 is 21.7 Å². The highest BCUT2D eigenvalue weighted by Gasteiger charge is 2.61. The number of rotatable bonds is 14. The third-order valence-electron chi connectivity index (χ3n) is 9.36. The van der Waals surface area contributed by atoms with Crippen LogP contribution in [0.15, 0.2) is 60.7 Å². The van der Waals surface area contributed by atoms with Crippen LogP contribution in [0.4, 0.5) is 9.18 Å². The summed E-state index contributed by atoms with van der Waals surface area (Å²) in [5.41, 5.74) is 6.39. The third-order valence-corrected chi connectivity index (χ3v) is 9.36. The molecule has 12 nitrogen and oxygen atoms in total. The molecule has 2 fully saturated rings. The number of hydrogen-bond acceptors (Lipinski definition) is 7. The van der Waals surface area contributed by atoms with Gasteiger partial charge < -0.3 is 31.3 Å². The molecule has 2 heterocycles. The van der Waals surface area contributed by atoms with Crippen molar-refractivity contribution in [1.29, 1.82) is 0 Å². The van der Waals surface area contributed by atoms with Crippen LogP contribution in [0, 0.1) is 11.7 Å². The number of allylic oxidation sites excluding steroid dienone is 1. The van der Waals surface area contributed by atoms with Crippen molar-refractivity contribution in [2.24, 2.45) is 11.7 Å². The number of nitrogens with two attached hydrogens (primary N) is 1. The minimum absolute atomic E-state index is 0.00439. The molecule has 13 heteroatoms. The molecule has 0 radical (unpaired) electrons. The van der Waals surface area contributed by atoms with Gasteiger partial charge in [0.2, 0.25) is 23.6 Å². The van der Waals surface area contributed by atoms with E-state index in [2.05, 4.69) is 22.9 Å². The highest BCUT2D eigenvalue weighted by Crippen LogP contribution is 2.45. The van der Waals surface area contributed by atoms with E-state index in [1.165, 1.54) is 15.9 Å². The van der Waals surface area contributed by atoms with Crippen LogP contribution >= 0.6 is 0 Å². The summed E-state index contributed by atoms with van der Waals surface area (Å²) < 4.78 is 20.0. The van der Waals surface area contributed by atoms with Gasteiger partial charge in [-0.2, -0.15) is 0 Å². The van der Waals surface area contributed by atoms with Gasteiger partial charge in [0.15, 0.2) is 0 Å². The van der Waals surface area contributed by atoms with Crippen molar-refractivity contribution < 1.29 is 33.1 Å². The Hall–Kier alpha value is -4.78. The summed E-state index contributed by atoms with van der Waals surface area (Å²) in [5, 5.41) is 8.34. The number of fused-ring (bicyclic) bond motifs is 1. The Labute approximate surface area is 285 Å². The van der Waals surface area contributed by atoms with E-state index in [1.807, 2.05) is 42.5 Å². The summed E-state index contributed by atoms with van der Waals surface area (Å²) in [5.74, 6) is -2.68. The van der Waals surface area contributed by atoms with E-state index in [0.29, 0.717) is 24.1 Å². The molecule has 5 rings (SSSR count). The Bertz CT molecular complexity index is 1570. The molecular weight excluding hydrogens is 631 g/mol. The molecule has 49 heavy (non-hydrogen) atoms. The molecule has 0 aromatic heterocycles. The Morgan fingerprint density at radius 1 is 1.04 bits per heavy atom. The molecule has 1 saturated heterocycles. The van der Waals surface area contributed by atoms with Crippen molar-refractivity contribution in [2.45, 2.75) is 82.8 Å². The predicted molar refractivity (Wildman–Crippen MR) is 179 cm³/mol. The summed E-state index contributed by atoms with van der Waals surface area (Å²) in [4.78, 5) is 68.5. The van der Waals surface area contributed by atoms with Crippen LogP contribution in [0.3, 0.4) is 0 Å². The normalized spacial score (nSPS) is 22.5. The lowest BCUT2D eigenvalue weighted by Gasteiger charge is -2.26. The number of carbonyl (C=O) groups excluding carboxylic acids is 5. The molecule has 0 bridgehead atoms. The Morgan fingerprint density at radius 2 is 1.84 bits per heavy atom. The molecule has 2 aromatic carbocycles. The van der Waals surface area contributed by atoms with Crippen LogP contribution in [0.25, 0.3) is 0 Å². The first-order valence-corrected chi connectivity index (χ1v) is 16.9. The lowest BCUT2D eigenvalue weighted by atomic mass is 10.1. The molecule has 2 aliphatic heterocycles. The number of halogens is 1. The van der Waals surface area contributed by atoms with Gasteiger partial charge in [-0.1, -0.05) is 74.4 Å². The number of benzene rings is 2. The molecular formula is C36H45FN6O6. The van der Waals surface area contributed by atoms with Gasteiger partial charge in [-0.3, -0.25) is 24.1 Å². The average molecular weight is 677 g/mol. The number of hydrogen-bond donors (Lipinski definition) is 4. The molecule has 4 atom stereocenters. The van der Waals surface area contributed by atoms with Crippen molar-refractivity contribution in [1.82, 2.24) is 25.8 Å². The quantitative estimate of drug-likeness (QED) is 0.177. The van der Waals surface area contributed by atoms with Gasteiger partial charge in [-0.25, -0.2) is 9.18 Å². The third kappa shape index (κ3) is 8.63. The molecule has 262 valence electrons. The summed E-state index contributed by atoms with van der Waals surface area (Å²) in [6.07, 6.45) is 6.73. The molecule has 0 unspecified atom stereocenters. The van der Waals surface area contributed by atoms with E-state index < -0.39 is 47.3 Å². The predicted octanol–water partition coefficient (Wildman–Crippen LogP) is 2.65. The molecule has 3 aliphatic rings. The maximum atomic E-state index is 14.2. The van der Waals surface area contributed by atoms with E-state index in [-0.39, 0.29) is 51.0 Å². The largest absolute Gasteiger partial charge is 0.444 e. The molecule has 5 amide bonds. The molecule has 0 spiro atoms. The smallest absolute Gasteiger partial charge is 0.410 e. The number of ether oxygens (including phenoxy) is 1. The first-order valence-electron chi connectivity index (χ1n) is 16.9. The average Bonchev–Trinajstić information content (AvgIpc) is 3.40. The van der Waals surface area contributed by atoms with Crippen molar-refractivity contribution in [2.75, 3.05) is 19.6 Å². The van der Waals surface area contributed by atoms with Gasteiger partial charge in [-0.05, 0) is 36.5 Å². The summed E-state index contributed by atoms with van der Waals surface area (Å²) in [6, 6.07) is 13.0. The molecule has 5 N–H and O–H groups in total. The van der Waals surface area contributed by atoms with Crippen molar-refractivity contribution in [3.05, 3.63) is 83.2 Å².